The maximum absolute atomic E-state index is 14.4. The van der Waals surface area contributed by atoms with Gasteiger partial charge in [-0.05, 0) is 63.2 Å². The molecule has 0 saturated carbocycles. The second-order valence-electron chi connectivity index (χ2n) is 19.7. The van der Waals surface area contributed by atoms with Gasteiger partial charge in [0, 0.05) is 30.9 Å². The molecular weight excluding hydrogens is 1090 g/mol. The van der Waals surface area contributed by atoms with Crippen LogP contribution in [0.3, 0.4) is 0 Å². The van der Waals surface area contributed by atoms with E-state index in [1.165, 1.54) is 0 Å². The standard InChI is InChI=1S/C66H78N2O17/c69-64(62(44-50-12-3-1-4-13-50)68-66(71)85-49-61-59-20-9-7-18-57(59)58-19-8-10-21-60(58)61)67-63(45-51-14-5-2-6-15-51)65(70)84-48-52-42-55-47-56(43-52)83-41-37-79-33-29-75-25-23-73-27-31-77-35-39-81-54-17-11-16-53(46-54)80-38-34-76-30-26-72-22-24-74-28-32-78-36-40-82-55/h1-21,42-43,46-47,61-63H,22-41,44-45,48-49H2,(H,67,69)(H,68,71)/t62-,63-/m0/s1. The predicted octanol–water partition coefficient (Wildman–Crippen LogP) is 7.97. The lowest BCUT2D eigenvalue weighted by atomic mass is 9.98. The van der Waals surface area contributed by atoms with Crippen molar-refractivity contribution in [3.05, 3.63) is 179 Å². The minimum Gasteiger partial charge on any atom is -0.491 e. The molecule has 0 radical (unpaired) electrons. The van der Waals surface area contributed by atoms with Gasteiger partial charge in [-0.15, -0.1) is 0 Å². The Balaban J connectivity index is 0.848. The fourth-order valence-corrected chi connectivity index (χ4v) is 9.34. The van der Waals surface area contributed by atoms with Crippen LogP contribution in [0.4, 0.5) is 4.79 Å². The first-order valence-electron chi connectivity index (χ1n) is 29.0. The lowest BCUT2D eigenvalue weighted by molar-refractivity contribution is -0.149. The third kappa shape index (κ3) is 22.7. The molecule has 0 spiro atoms. The number of rotatable bonds is 12. The number of fused-ring (bicyclic) bond motifs is 7. The average Bonchev–Trinajstić information content (AvgIpc) is 3.87. The summed E-state index contributed by atoms with van der Waals surface area (Å²) in [5.41, 5.74) is 6.45. The monoisotopic (exact) mass is 1170 g/mol. The summed E-state index contributed by atoms with van der Waals surface area (Å²) in [6, 6.07) is 45.2. The maximum Gasteiger partial charge on any atom is 0.407 e. The summed E-state index contributed by atoms with van der Waals surface area (Å²) in [5.74, 6) is 0.815. The van der Waals surface area contributed by atoms with Gasteiger partial charge >= 0.3 is 12.1 Å². The molecule has 6 aromatic rings. The van der Waals surface area contributed by atoms with Crippen molar-refractivity contribution in [1.29, 1.82) is 0 Å². The van der Waals surface area contributed by atoms with Gasteiger partial charge in [-0.3, -0.25) is 4.79 Å². The zero-order valence-electron chi connectivity index (χ0n) is 48.1. The van der Waals surface area contributed by atoms with Crippen LogP contribution in [-0.2, 0) is 76.4 Å². The normalized spacial score (nSPS) is 16.9. The highest BCUT2D eigenvalue weighted by molar-refractivity contribution is 5.90. The van der Waals surface area contributed by atoms with Crippen molar-refractivity contribution in [1.82, 2.24) is 10.6 Å². The number of benzene rings is 6. The fourth-order valence-electron chi connectivity index (χ4n) is 9.34. The zero-order valence-corrected chi connectivity index (χ0v) is 48.1. The van der Waals surface area contributed by atoms with Crippen LogP contribution in [-0.4, -0.2) is 169 Å². The summed E-state index contributed by atoms with van der Waals surface area (Å²) in [4.78, 5) is 42.4. The first-order chi connectivity index (χ1) is 41.9. The topological polar surface area (TPSA) is 204 Å². The molecule has 2 aliphatic rings. The first kappa shape index (κ1) is 63.4. The van der Waals surface area contributed by atoms with Crippen molar-refractivity contribution in [2.75, 3.05) is 139 Å². The van der Waals surface area contributed by atoms with Gasteiger partial charge in [0.1, 0.15) is 74.7 Å². The van der Waals surface area contributed by atoms with E-state index in [1.54, 1.807) is 18.2 Å². The lowest BCUT2D eigenvalue weighted by Gasteiger charge is -2.23. The Bertz CT molecular complexity index is 2780. The highest BCUT2D eigenvalue weighted by Crippen LogP contribution is 2.44. The number of alkyl carbamates (subject to hydrolysis) is 1. The second kappa shape index (κ2) is 37.0. The molecule has 4 bridgehead atoms. The van der Waals surface area contributed by atoms with E-state index < -0.39 is 30.1 Å². The van der Waals surface area contributed by atoms with Crippen molar-refractivity contribution < 1.29 is 80.7 Å². The Hall–Kier alpha value is -7.59. The van der Waals surface area contributed by atoms with Gasteiger partial charge in [0.2, 0.25) is 5.91 Å². The van der Waals surface area contributed by atoms with Gasteiger partial charge in [0.25, 0.3) is 0 Å². The van der Waals surface area contributed by atoms with Crippen LogP contribution in [0.2, 0.25) is 0 Å². The first-order valence-corrected chi connectivity index (χ1v) is 29.0. The molecule has 1 aliphatic carbocycles. The molecule has 19 nitrogen and oxygen atoms in total. The molecule has 0 fully saturated rings. The third-order valence-corrected chi connectivity index (χ3v) is 13.5. The van der Waals surface area contributed by atoms with Gasteiger partial charge in [0.15, 0.2) is 0 Å². The van der Waals surface area contributed by atoms with E-state index in [1.807, 2.05) is 121 Å². The van der Waals surface area contributed by atoms with Crippen LogP contribution in [0.1, 0.15) is 33.7 Å². The van der Waals surface area contributed by atoms with E-state index in [-0.39, 0.29) is 58.4 Å². The van der Waals surface area contributed by atoms with E-state index in [0.29, 0.717) is 134 Å². The smallest absolute Gasteiger partial charge is 0.407 e. The van der Waals surface area contributed by atoms with Gasteiger partial charge in [-0.1, -0.05) is 115 Å². The summed E-state index contributed by atoms with van der Waals surface area (Å²) in [7, 11) is 0. The van der Waals surface area contributed by atoms with Crippen molar-refractivity contribution >= 4 is 18.0 Å². The van der Waals surface area contributed by atoms with Crippen LogP contribution in [0, 0.1) is 0 Å². The molecule has 85 heavy (non-hydrogen) atoms. The Kier molecular flexibility index (Phi) is 27.6. The molecule has 0 unspecified atom stereocenters. The van der Waals surface area contributed by atoms with E-state index in [4.69, 9.17) is 66.3 Å². The Morgan fingerprint density at radius 1 is 0.376 bits per heavy atom. The number of ether oxygens (including phenoxy) is 14. The van der Waals surface area contributed by atoms with Crippen LogP contribution in [0.5, 0.6) is 23.0 Å². The van der Waals surface area contributed by atoms with Gasteiger partial charge in [0.05, 0.1) is 106 Å². The summed E-state index contributed by atoms with van der Waals surface area (Å²) < 4.78 is 81.2. The molecule has 2 atom stereocenters. The van der Waals surface area contributed by atoms with Crippen LogP contribution >= 0.6 is 0 Å². The SMILES string of the molecule is O=C(N[C@@H](Cc1ccccc1)C(=O)N[C@@H](Cc1ccccc1)C(=O)OCc1cc2cc(c1)OCCOCCOCCOCCOCCOc1cccc(c1)OCCOCCOCCOCCOCCO2)OCC1c2ccccc2-c2ccccc21. The van der Waals surface area contributed by atoms with Crippen LogP contribution in [0.25, 0.3) is 11.1 Å². The molecule has 6 aromatic carbocycles. The highest BCUT2D eigenvalue weighted by Gasteiger charge is 2.32. The number of carbonyl (C=O) groups excluding carboxylic acids is 3. The van der Waals surface area contributed by atoms with E-state index >= 15 is 0 Å². The molecule has 2 amide bonds. The largest absolute Gasteiger partial charge is 0.491 e. The quantitative estimate of drug-likeness (QED) is 0.112. The maximum atomic E-state index is 14.4. The zero-order chi connectivity index (χ0) is 58.8. The van der Waals surface area contributed by atoms with E-state index in [0.717, 1.165) is 33.4 Å². The minimum atomic E-state index is -1.15. The fraction of sp³-hybridized carbons (Fsp3) is 0.409. The van der Waals surface area contributed by atoms with Crippen molar-refractivity contribution in [3.8, 4) is 34.1 Å². The third-order valence-electron chi connectivity index (χ3n) is 13.5. The molecule has 2 N–H and O–H groups in total. The molecule has 1 aliphatic heterocycles. The summed E-state index contributed by atoms with van der Waals surface area (Å²) in [5, 5.41) is 5.72. The Morgan fingerprint density at radius 3 is 1.20 bits per heavy atom. The summed E-state index contributed by atoms with van der Waals surface area (Å²) in [6.07, 6.45) is -0.531. The predicted molar refractivity (Wildman–Crippen MR) is 315 cm³/mol. The summed E-state index contributed by atoms with van der Waals surface area (Å²) >= 11 is 0. The highest BCUT2D eigenvalue weighted by atomic mass is 16.6. The molecule has 19 heteroatoms. The van der Waals surface area contributed by atoms with Gasteiger partial charge in [-0.25, -0.2) is 9.59 Å². The molecule has 0 saturated heterocycles. The Labute approximate surface area is 497 Å². The number of amides is 2. The van der Waals surface area contributed by atoms with Crippen LogP contribution < -0.4 is 29.6 Å². The van der Waals surface area contributed by atoms with Crippen molar-refractivity contribution in [3.63, 3.8) is 0 Å². The van der Waals surface area contributed by atoms with Crippen molar-refractivity contribution in [2.45, 2.75) is 37.5 Å². The molecule has 1 heterocycles. The van der Waals surface area contributed by atoms with E-state index in [2.05, 4.69) is 22.8 Å². The second-order valence-corrected chi connectivity index (χ2v) is 19.7. The van der Waals surface area contributed by atoms with Gasteiger partial charge in [-0.2, -0.15) is 0 Å². The number of hydrogen-bond donors (Lipinski definition) is 2. The minimum absolute atomic E-state index is 0.0581. The molecule has 8 rings (SSSR count). The number of carbonyl (C=O) groups is 3. The summed E-state index contributed by atoms with van der Waals surface area (Å²) in [6.45, 7) is 7.13. The van der Waals surface area contributed by atoms with Crippen LogP contribution in [0.15, 0.2) is 152 Å². The van der Waals surface area contributed by atoms with E-state index in [9.17, 15) is 14.4 Å². The van der Waals surface area contributed by atoms with Gasteiger partial charge < -0.3 is 76.9 Å². The number of nitrogens with one attached hydrogen (secondary N) is 2. The number of esters is 1. The lowest BCUT2D eigenvalue weighted by Crippen LogP contribution is -2.53. The molecular formula is C66H78N2O17. The molecule has 454 valence electrons. The Morgan fingerprint density at radius 2 is 0.753 bits per heavy atom. The number of hydrogen-bond acceptors (Lipinski definition) is 17. The average molecular weight is 1170 g/mol. The van der Waals surface area contributed by atoms with Crippen molar-refractivity contribution in [2.24, 2.45) is 0 Å². The molecule has 0 aromatic heterocycles.